The number of guanidine groups is 1. The zero-order chi connectivity index (χ0) is 18.0. The van der Waals surface area contributed by atoms with E-state index in [0.717, 1.165) is 32.1 Å². The van der Waals surface area contributed by atoms with Crippen LogP contribution in [0, 0.1) is 11.3 Å². The molecule has 6 nitrogen and oxygen atoms in total. The normalized spacial score (nSPS) is 33.0. The first kappa shape index (κ1) is 21.6. The summed E-state index contributed by atoms with van der Waals surface area (Å²) in [5.41, 5.74) is 0.406. The molecule has 0 aromatic carbocycles. The summed E-state index contributed by atoms with van der Waals surface area (Å²) in [6, 6.07) is 1.09. The number of nitrogens with zero attached hydrogens (tertiary/aromatic N) is 2. The van der Waals surface area contributed by atoms with Crippen LogP contribution in [0.25, 0.3) is 0 Å². The summed E-state index contributed by atoms with van der Waals surface area (Å²) >= 11 is 0. The van der Waals surface area contributed by atoms with Gasteiger partial charge in [-0.2, -0.15) is 0 Å². The molecule has 2 saturated heterocycles. The monoisotopic (exact) mass is 492 g/mol. The predicted molar refractivity (Wildman–Crippen MR) is 119 cm³/mol. The van der Waals surface area contributed by atoms with Crippen LogP contribution in [0.15, 0.2) is 4.99 Å². The van der Waals surface area contributed by atoms with Crippen LogP contribution in [0.4, 0.5) is 0 Å². The lowest BCUT2D eigenvalue weighted by molar-refractivity contribution is -0.171. The second kappa shape index (κ2) is 9.59. The number of halogens is 1. The van der Waals surface area contributed by atoms with Crippen molar-refractivity contribution in [3.8, 4) is 0 Å². The molecule has 4 aliphatic rings. The van der Waals surface area contributed by atoms with Crippen LogP contribution in [-0.2, 0) is 9.47 Å². The fourth-order valence-electron chi connectivity index (χ4n) is 5.70. The van der Waals surface area contributed by atoms with E-state index in [4.69, 9.17) is 9.47 Å². The van der Waals surface area contributed by atoms with Crippen LogP contribution < -0.4 is 10.6 Å². The number of rotatable bonds is 6. The van der Waals surface area contributed by atoms with Gasteiger partial charge in [0.1, 0.15) is 0 Å². The van der Waals surface area contributed by atoms with Crippen molar-refractivity contribution in [2.24, 2.45) is 16.3 Å². The van der Waals surface area contributed by atoms with Gasteiger partial charge in [-0.15, -0.1) is 24.0 Å². The number of nitrogens with one attached hydrogen (secondary N) is 2. The second-order valence-corrected chi connectivity index (χ2v) is 8.63. The Morgan fingerprint density at radius 3 is 2.63 bits per heavy atom. The average molecular weight is 492 g/mol. The van der Waals surface area contributed by atoms with Crippen molar-refractivity contribution in [1.29, 1.82) is 0 Å². The smallest absolute Gasteiger partial charge is 0.191 e. The minimum Gasteiger partial charge on any atom is -0.385 e. The van der Waals surface area contributed by atoms with E-state index in [9.17, 15) is 0 Å². The molecule has 3 unspecified atom stereocenters. The van der Waals surface area contributed by atoms with Gasteiger partial charge >= 0.3 is 0 Å². The molecule has 27 heavy (non-hydrogen) atoms. The lowest BCUT2D eigenvalue weighted by Gasteiger charge is -2.63. The Kier molecular flexibility index (Phi) is 7.66. The molecule has 4 fully saturated rings. The van der Waals surface area contributed by atoms with Crippen molar-refractivity contribution >= 4 is 29.9 Å². The van der Waals surface area contributed by atoms with Gasteiger partial charge in [0.15, 0.2) is 5.96 Å². The van der Waals surface area contributed by atoms with Gasteiger partial charge in [0, 0.05) is 70.4 Å². The fraction of sp³-hybridized carbons (Fsp3) is 0.950. The topological polar surface area (TPSA) is 58.1 Å². The van der Waals surface area contributed by atoms with Crippen LogP contribution in [-0.4, -0.2) is 76.1 Å². The highest BCUT2D eigenvalue weighted by Crippen LogP contribution is 2.62. The molecule has 0 aromatic heterocycles. The van der Waals surface area contributed by atoms with Gasteiger partial charge in [-0.05, 0) is 38.5 Å². The van der Waals surface area contributed by atoms with E-state index in [1.807, 2.05) is 7.05 Å². The molecule has 2 aliphatic carbocycles. The molecule has 2 saturated carbocycles. The summed E-state index contributed by atoms with van der Waals surface area (Å²) in [5, 5.41) is 7.50. The summed E-state index contributed by atoms with van der Waals surface area (Å²) < 4.78 is 11.2. The first-order chi connectivity index (χ1) is 12.8. The fourth-order valence-corrected chi connectivity index (χ4v) is 5.70. The van der Waals surface area contributed by atoms with Gasteiger partial charge in [0.05, 0.1) is 6.10 Å². The number of likely N-dealkylation sites (tertiary alicyclic amines) is 1. The molecule has 2 heterocycles. The first-order valence-corrected chi connectivity index (χ1v) is 10.6. The maximum absolute atomic E-state index is 6.04. The average Bonchev–Trinajstić information content (AvgIpc) is 3.04. The molecule has 156 valence electrons. The van der Waals surface area contributed by atoms with Gasteiger partial charge < -0.3 is 25.0 Å². The molecule has 3 atom stereocenters. The standard InChI is InChI=1S/C20H36N4O2.HI/c1-21-19(22-15-5-11-24(12-6-15)10-4-13-25-2)23-17-16-7-14-26-18(16)20(17)8-3-9-20;/h15-18H,3-14H2,1-2H3,(H2,21,22,23);1H. The maximum atomic E-state index is 6.04. The van der Waals surface area contributed by atoms with E-state index in [1.54, 1.807) is 7.11 Å². The van der Waals surface area contributed by atoms with E-state index >= 15 is 0 Å². The van der Waals surface area contributed by atoms with E-state index < -0.39 is 0 Å². The van der Waals surface area contributed by atoms with E-state index in [0.29, 0.717) is 29.5 Å². The largest absolute Gasteiger partial charge is 0.385 e. The van der Waals surface area contributed by atoms with Gasteiger partial charge in [0.25, 0.3) is 0 Å². The molecule has 0 aromatic rings. The quantitative estimate of drug-likeness (QED) is 0.258. The molecule has 0 radical (unpaired) electrons. The van der Waals surface area contributed by atoms with Crippen LogP contribution in [0.3, 0.4) is 0 Å². The molecule has 0 amide bonds. The highest BCUT2D eigenvalue weighted by molar-refractivity contribution is 14.0. The summed E-state index contributed by atoms with van der Waals surface area (Å²) in [4.78, 5) is 7.10. The van der Waals surface area contributed by atoms with Crippen LogP contribution in [0.5, 0.6) is 0 Å². The van der Waals surface area contributed by atoms with E-state index in [-0.39, 0.29) is 24.0 Å². The van der Waals surface area contributed by atoms with Gasteiger partial charge in [0.2, 0.25) is 0 Å². The Morgan fingerprint density at radius 1 is 1.22 bits per heavy atom. The van der Waals surface area contributed by atoms with Crippen molar-refractivity contribution in [3.63, 3.8) is 0 Å². The highest BCUT2D eigenvalue weighted by Gasteiger charge is 2.66. The third-order valence-electron chi connectivity index (χ3n) is 7.30. The number of hydrogen-bond acceptors (Lipinski definition) is 4. The van der Waals surface area contributed by atoms with Crippen molar-refractivity contribution < 1.29 is 9.47 Å². The third kappa shape index (κ3) is 4.26. The summed E-state index contributed by atoms with van der Waals surface area (Å²) in [7, 11) is 3.69. The Bertz CT molecular complexity index is 506. The summed E-state index contributed by atoms with van der Waals surface area (Å²) in [6.45, 7) is 5.31. The number of hydrogen-bond donors (Lipinski definition) is 2. The number of fused-ring (bicyclic) bond motifs is 2. The maximum Gasteiger partial charge on any atom is 0.191 e. The SMILES string of the molecule is CN=C(NC1CCN(CCCOC)CC1)NC1C2CCOC2C12CCC2.I. The Balaban J connectivity index is 0.00000210. The molecular formula is C20H37IN4O2. The van der Waals surface area contributed by atoms with Crippen LogP contribution in [0.2, 0.25) is 0 Å². The van der Waals surface area contributed by atoms with E-state index in [1.165, 1.54) is 51.6 Å². The van der Waals surface area contributed by atoms with Crippen LogP contribution in [0.1, 0.15) is 44.9 Å². The number of ether oxygens (including phenoxy) is 2. The first-order valence-electron chi connectivity index (χ1n) is 10.6. The Labute approximate surface area is 181 Å². The van der Waals surface area contributed by atoms with Crippen molar-refractivity contribution in [2.45, 2.75) is 63.1 Å². The lowest BCUT2D eigenvalue weighted by atomic mass is 9.46. The molecule has 0 bridgehead atoms. The number of methoxy groups -OCH3 is 1. The second-order valence-electron chi connectivity index (χ2n) is 8.63. The Hall–Kier alpha value is -0.120. The zero-order valence-corrected chi connectivity index (χ0v) is 19.2. The van der Waals surface area contributed by atoms with Crippen LogP contribution >= 0.6 is 24.0 Å². The minimum atomic E-state index is 0. The number of piperidine rings is 1. The molecule has 7 heteroatoms. The molecule has 2 N–H and O–H groups in total. The third-order valence-corrected chi connectivity index (χ3v) is 7.30. The van der Waals surface area contributed by atoms with Crippen molar-refractivity contribution in [1.82, 2.24) is 15.5 Å². The molecule has 4 rings (SSSR count). The predicted octanol–water partition coefficient (Wildman–Crippen LogP) is 2.23. The molecule has 2 aliphatic heterocycles. The Morgan fingerprint density at radius 2 is 2.00 bits per heavy atom. The minimum absolute atomic E-state index is 0. The van der Waals surface area contributed by atoms with Gasteiger partial charge in [-0.25, -0.2) is 0 Å². The summed E-state index contributed by atoms with van der Waals surface area (Å²) in [5.74, 6) is 1.70. The van der Waals surface area contributed by atoms with Crippen molar-refractivity contribution in [3.05, 3.63) is 0 Å². The number of aliphatic imine (C=N–C) groups is 1. The molecule has 1 spiro atoms. The highest BCUT2D eigenvalue weighted by atomic mass is 127. The lowest BCUT2D eigenvalue weighted by Crippen LogP contribution is -2.72. The zero-order valence-electron chi connectivity index (χ0n) is 16.9. The van der Waals surface area contributed by atoms with E-state index in [2.05, 4.69) is 20.5 Å². The van der Waals surface area contributed by atoms with Gasteiger partial charge in [-0.3, -0.25) is 4.99 Å². The van der Waals surface area contributed by atoms with Gasteiger partial charge in [-0.1, -0.05) is 6.42 Å². The molecular weight excluding hydrogens is 455 g/mol. The summed E-state index contributed by atoms with van der Waals surface area (Å²) in [6.07, 6.45) is 9.25. The van der Waals surface area contributed by atoms with Crippen molar-refractivity contribution in [2.75, 3.05) is 47.0 Å².